The molecule has 0 aliphatic heterocycles. The lowest BCUT2D eigenvalue weighted by Crippen LogP contribution is -2.74. The number of aliphatic hydroxyl groups is 1. The van der Waals surface area contributed by atoms with Gasteiger partial charge in [-0.1, -0.05) is 13.8 Å². The Bertz CT molecular complexity index is 312. The fraction of sp³-hybridized carbons (Fsp3) is 0.923. The SMILES string of the molecule is CCO[C@H]1C[C@](CO)(NC(=O)C2CC2)C1(C)C. The quantitative estimate of drug-likeness (QED) is 0.757. The molecule has 2 aliphatic rings. The van der Waals surface area contributed by atoms with Crippen molar-refractivity contribution in [2.24, 2.45) is 11.3 Å². The van der Waals surface area contributed by atoms with Gasteiger partial charge in [-0.05, 0) is 19.8 Å². The van der Waals surface area contributed by atoms with Crippen molar-refractivity contribution in [1.82, 2.24) is 5.32 Å². The van der Waals surface area contributed by atoms with Gasteiger partial charge in [-0.2, -0.15) is 0 Å². The Morgan fingerprint density at radius 2 is 2.12 bits per heavy atom. The van der Waals surface area contributed by atoms with Gasteiger partial charge in [0.05, 0.1) is 18.2 Å². The molecule has 0 radical (unpaired) electrons. The molecule has 17 heavy (non-hydrogen) atoms. The number of nitrogens with one attached hydrogen (secondary N) is 1. The first-order chi connectivity index (χ1) is 7.97. The zero-order valence-electron chi connectivity index (χ0n) is 11.0. The van der Waals surface area contributed by atoms with Gasteiger partial charge in [-0.25, -0.2) is 0 Å². The maximum atomic E-state index is 11.9. The van der Waals surface area contributed by atoms with Gasteiger partial charge in [0.15, 0.2) is 0 Å². The van der Waals surface area contributed by atoms with Crippen LogP contribution in [0.3, 0.4) is 0 Å². The molecule has 2 aliphatic carbocycles. The molecule has 0 saturated heterocycles. The van der Waals surface area contributed by atoms with Crippen molar-refractivity contribution < 1.29 is 14.6 Å². The molecule has 0 bridgehead atoms. The summed E-state index contributed by atoms with van der Waals surface area (Å²) in [6, 6.07) is 0. The summed E-state index contributed by atoms with van der Waals surface area (Å²) in [5, 5.41) is 12.7. The molecule has 4 nitrogen and oxygen atoms in total. The van der Waals surface area contributed by atoms with Crippen LogP contribution in [0, 0.1) is 11.3 Å². The molecular weight excluding hydrogens is 218 g/mol. The van der Waals surface area contributed by atoms with Crippen molar-refractivity contribution in [3.8, 4) is 0 Å². The molecule has 0 unspecified atom stereocenters. The molecule has 0 heterocycles. The number of aliphatic hydroxyl groups excluding tert-OH is 1. The Morgan fingerprint density at radius 1 is 1.47 bits per heavy atom. The first kappa shape index (κ1) is 12.8. The fourth-order valence-electron chi connectivity index (χ4n) is 2.68. The third kappa shape index (κ3) is 1.97. The summed E-state index contributed by atoms with van der Waals surface area (Å²) in [7, 11) is 0. The highest BCUT2D eigenvalue weighted by Crippen LogP contribution is 2.51. The van der Waals surface area contributed by atoms with Crippen LogP contribution in [-0.4, -0.2) is 35.9 Å². The number of carbonyl (C=O) groups is 1. The van der Waals surface area contributed by atoms with E-state index in [-0.39, 0.29) is 30.0 Å². The maximum Gasteiger partial charge on any atom is 0.223 e. The van der Waals surface area contributed by atoms with E-state index in [0.29, 0.717) is 13.0 Å². The van der Waals surface area contributed by atoms with Gasteiger partial charge in [0.1, 0.15) is 0 Å². The largest absolute Gasteiger partial charge is 0.394 e. The average molecular weight is 241 g/mol. The summed E-state index contributed by atoms with van der Waals surface area (Å²) >= 11 is 0. The highest BCUT2D eigenvalue weighted by molar-refractivity contribution is 5.82. The summed E-state index contributed by atoms with van der Waals surface area (Å²) in [6.45, 7) is 6.74. The van der Waals surface area contributed by atoms with Crippen molar-refractivity contribution in [3.63, 3.8) is 0 Å². The van der Waals surface area contributed by atoms with Crippen molar-refractivity contribution >= 4 is 5.91 Å². The highest BCUT2D eigenvalue weighted by atomic mass is 16.5. The zero-order valence-corrected chi connectivity index (χ0v) is 11.0. The van der Waals surface area contributed by atoms with Crippen LogP contribution >= 0.6 is 0 Å². The molecule has 2 fully saturated rings. The second-order valence-electron chi connectivity index (χ2n) is 5.87. The Kier molecular flexibility index (Phi) is 3.21. The van der Waals surface area contributed by atoms with Crippen molar-refractivity contribution in [2.75, 3.05) is 13.2 Å². The van der Waals surface area contributed by atoms with E-state index >= 15 is 0 Å². The molecule has 2 atom stereocenters. The van der Waals surface area contributed by atoms with Crippen LogP contribution in [0.2, 0.25) is 0 Å². The third-order valence-electron chi connectivity index (χ3n) is 4.52. The normalized spacial score (nSPS) is 35.2. The number of ether oxygens (including phenoxy) is 1. The van der Waals surface area contributed by atoms with Crippen LogP contribution < -0.4 is 5.32 Å². The third-order valence-corrected chi connectivity index (χ3v) is 4.52. The molecular formula is C13H23NO3. The first-order valence-electron chi connectivity index (χ1n) is 6.51. The lowest BCUT2D eigenvalue weighted by Gasteiger charge is -2.60. The first-order valence-corrected chi connectivity index (χ1v) is 6.51. The van der Waals surface area contributed by atoms with Crippen LogP contribution in [-0.2, 0) is 9.53 Å². The Hall–Kier alpha value is -0.610. The minimum Gasteiger partial charge on any atom is -0.394 e. The lowest BCUT2D eigenvalue weighted by atomic mass is 9.54. The van der Waals surface area contributed by atoms with E-state index in [9.17, 15) is 9.90 Å². The molecule has 0 aromatic rings. The minimum atomic E-state index is -0.494. The number of hydrogen-bond acceptors (Lipinski definition) is 3. The smallest absolute Gasteiger partial charge is 0.223 e. The van der Waals surface area contributed by atoms with Gasteiger partial charge in [-0.3, -0.25) is 4.79 Å². The Labute approximate surface area is 103 Å². The van der Waals surface area contributed by atoms with E-state index < -0.39 is 5.54 Å². The molecule has 2 saturated carbocycles. The van der Waals surface area contributed by atoms with Crippen LogP contribution in [0.1, 0.15) is 40.0 Å². The number of hydrogen-bond donors (Lipinski definition) is 2. The Morgan fingerprint density at radius 3 is 2.53 bits per heavy atom. The van der Waals surface area contributed by atoms with Gasteiger partial charge in [0, 0.05) is 24.4 Å². The molecule has 0 aromatic heterocycles. The highest BCUT2D eigenvalue weighted by Gasteiger charge is 2.61. The number of rotatable bonds is 5. The zero-order chi connectivity index (χ0) is 12.7. The molecule has 2 N–H and O–H groups in total. The van der Waals surface area contributed by atoms with E-state index in [1.807, 2.05) is 6.92 Å². The maximum absolute atomic E-state index is 11.9. The number of carbonyl (C=O) groups excluding carboxylic acids is 1. The predicted octanol–water partition coefficient (Wildman–Crippen LogP) is 1.08. The van der Waals surface area contributed by atoms with E-state index in [2.05, 4.69) is 19.2 Å². The van der Waals surface area contributed by atoms with Gasteiger partial charge in [0.25, 0.3) is 0 Å². The molecule has 1 amide bonds. The second kappa shape index (κ2) is 4.25. The monoisotopic (exact) mass is 241 g/mol. The average Bonchev–Trinajstić information content (AvgIpc) is 3.10. The van der Waals surface area contributed by atoms with Crippen molar-refractivity contribution in [3.05, 3.63) is 0 Å². The van der Waals surface area contributed by atoms with E-state index in [1.165, 1.54) is 0 Å². The minimum absolute atomic E-state index is 0.0119. The summed E-state index contributed by atoms with van der Waals surface area (Å²) in [5.41, 5.74) is -0.700. The van der Waals surface area contributed by atoms with Crippen LogP contribution in [0.15, 0.2) is 0 Å². The summed E-state index contributed by atoms with van der Waals surface area (Å²) in [4.78, 5) is 11.9. The van der Waals surface area contributed by atoms with Crippen LogP contribution in [0.25, 0.3) is 0 Å². The van der Waals surface area contributed by atoms with Crippen LogP contribution in [0.5, 0.6) is 0 Å². The van der Waals surface area contributed by atoms with Crippen LogP contribution in [0.4, 0.5) is 0 Å². The molecule has 98 valence electrons. The summed E-state index contributed by atoms with van der Waals surface area (Å²) in [5.74, 6) is 0.280. The molecule has 2 rings (SSSR count). The van der Waals surface area contributed by atoms with Gasteiger partial charge >= 0.3 is 0 Å². The molecule has 4 heteroatoms. The van der Waals surface area contributed by atoms with E-state index in [1.54, 1.807) is 0 Å². The molecule has 0 spiro atoms. The fourth-order valence-corrected chi connectivity index (χ4v) is 2.68. The predicted molar refractivity (Wildman–Crippen MR) is 64.5 cm³/mol. The van der Waals surface area contributed by atoms with Gasteiger partial charge in [-0.15, -0.1) is 0 Å². The molecule has 0 aromatic carbocycles. The topological polar surface area (TPSA) is 58.6 Å². The van der Waals surface area contributed by atoms with Gasteiger partial charge < -0.3 is 15.2 Å². The summed E-state index contributed by atoms with van der Waals surface area (Å²) < 4.78 is 5.65. The standard InChI is InChI=1S/C13H23NO3/c1-4-17-10-7-13(8-15,12(10,2)3)14-11(16)9-5-6-9/h9-10,15H,4-8H2,1-3H3,(H,14,16)/t10-,13+/m0/s1. The second-order valence-corrected chi connectivity index (χ2v) is 5.87. The van der Waals surface area contributed by atoms with Crippen molar-refractivity contribution in [1.29, 1.82) is 0 Å². The number of amides is 1. The lowest BCUT2D eigenvalue weighted by molar-refractivity contribution is -0.181. The van der Waals surface area contributed by atoms with E-state index in [4.69, 9.17) is 4.74 Å². The van der Waals surface area contributed by atoms with E-state index in [0.717, 1.165) is 12.8 Å². The van der Waals surface area contributed by atoms with Crippen molar-refractivity contribution in [2.45, 2.75) is 51.7 Å². The Balaban J connectivity index is 2.03. The summed E-state index contributed by atoms with van der Waals surface area (Å²) in [6.07, 6.45) is 2.81. The van der Waals surface area contributed by atoms with Gasteiger partial charge in [0.2, 0.25) is 5.91 Å².